The Bertz CT molecular complexity index is 475. The zero-order valence-electron chi connectivity index (χ0n) is 11.6. The van der Waals surface area contributed by atoms with Crippen LogP contribution in [0.15, 0.2) is 30.3 Å². The number of benzene rings is 1. The topological polar surface area (TPSA) is 84.2 Å². The minimum absolute atomic E-state index is 0.0588. The standard InChI is InChI=1S/C15H21N3O2/c1-10(14(16)19)18-13-8-7-12(9-17-15(13)20)11-5-3-2-4-6-11/h2-6,10,12-13,18H,7-9H2,1H3,(H2,16,19)(H,17,20)/t10-,12+,13-/m0/s1. The van der Waals surface area contributed by atoms with Gasteiger partial charge in [-0.2, -0.15) is 0 Å². The van der Waals surface area contributed by atoms with E-state index in [0.717, 1.165) is 6.42 Å². The van der Waals surface area contributed by atoms with Crippen molar-refractivity contribution >= 4 is 11.8 Å². The van der Waals surface area contributed by atoms with Gasteiger partial charge in [0.2, 0.25) is 11.8 Å². The number of carbonyl (C=O) groups is 2. The smallest absolute Gasteiger partial charge is 0.237 e. The fraction of sp³-hybridized carbons (Fsp3) is 0.467. The molecule has 20 heavy (non-hydrogen) atoms. The van der Waals surface area contributed by atoms with Gasteiger partial charge in [-0.3, -0.25) is 14.9 Å². The SMILES string of the molecule is C[C@H](N[C@H]1CC[C@@H](c2ccccc2)CNC1=O)C(N)=O. The second-order valence-electron chi connectivity index (χ2n) is 5.27. The predicted molar refractivity (Wildman–Crippen MR) is 77.0 cm³/mol. The van der Waals surface area contributed by atoms with Crippen molar-refractivity contribution in [3.8, 4) is 0 Å². The molecule has 0 unspecified atom stereocenters. The normalized spacial score (nSPS) is 24.6. The number of hydrogen-bond acceptors (Lipinski definition) is 3. The van der Waals surface area contributed by atoms with E-state index in [1.165, 1.54) is 5.56 Å². The minimum Gasteiger partial charge on any atom is -0.368 e. The van der Waals surface area contributed by atoms with Crippen LogP contribution in [0.1, 0.15) is 31.2 Å². The van der Waals surface area contributed by atoms with Gasteiger partial charge in [-0.1, -0.05) is 30.3 Å². The lowest BCUT2D eigenvalue weighted by Crippen LogP contribution is -2.50. The zero-order chi connectivity index (χ0) is 14.5. The third kappa shape index (κ3) is 3.57. The van der Waals surface area contributed by atoms with Crippen molar-refractivity contribution in [2.24, 2.45) is 5.73 Å². The molecule has 2 rings (SSSR count). The lowest BCUT2D eigenvalue weighted by atomic mass is 9.94. The maximum atomic E-state index is 12.0. The van der Waals surface area contributed by atoms with Crippen LogP contribution in [0, 0.1) is 0 Å². The second-order valence-corrected chi connectivity index (χ2v) is 5.27. The Morgan fingerprint density at radius 3 is 2.70 bits per heavy atom. The molecule has 2 amide bonds. The summed E-state index contributed by atoms with van der Waals surface area (Å²) in [6.07, 6.45) is 1.59. The molecule has 0 aromatic heterocycles. The number of nitrogens with one attached hydrogen (secondary N) is 2. The molecule has 0 spiro atoms. The number of carbonyl (C=O) groups excluding carboxylic acids is 2. The van der Waals surface area contributed by atoms with Crippen molar-refractivity contribution < 1.29 is 9.59 Å². The number of primary amides is 1. The summed E-state index contributed by atoms with van der Waals surface area (Å²) >= 11 is 0. The summed E-state index contributed by atoms with van der Waals surface area (Å²) in [5.41, 5.74) is 6.46. The van der Waals surface area contributed by atoms with Gasteiger partial charge in [0.1, 0.15) is 0 Å². The Morgan fingerprint density at radius 1 is 1.35 bits per heavy atom. The molecule has 5 nitrogen and oxygen atoms in total. The van der Waals surface area contributed by atoms with E-state index < -0.39 is 11.9 Å². The van der Waals surface area contributed by atoms with E-state index in [1.807, 2.05) is 18.2 Å². The summed E-state index contributed by atoms with van der Waals surface area (Å²) in [5.74, 6) is -0.186. The molecule has 0 saturated carbocycles. The third-order valence-electron chi connectivity index (χ3n) is 3.79. The van der Waals surface area contributed by atoms with Crippen LogP contribution in [0.4, 0.5) is 0 Å². The quantitative estimate of drug-likeness (QED) is 0.748. The van der Waals surface area contributed by atoms with E-state index in [1.54, 1.807) is 6.92 Å². The van der Waals surface area contributed by atoms with Crippen LogP contribution < -0.4 is 16.4 Å². The maximum Gasteiger partial charge on any atom is 0.237 e. The summed E-state index contributed by atoms with van der Waals surface area (Å²) < 4.78 is 0. The summed E-state index contributed by atoms with van der Waals surface area (Å²) in [4.78, 5) is 23.1. The highest BCUT2D eigenvalue weighted by Crippen LogP contribution is 2.23. The van der Waals surface area contributed by atoms with E-state index in [2.05, 4.69) is 22.8 Å². The van der Waals surface area contributed by atoms with E-state index in [-0.39, 0.29) is 11.9 Å². The van der Waals surface area contributed by atoms with Gasteiger partial charge < -0.3 is 11.1 Å². The highest BCUT2D eigenvalue weighted by molar-refractivity contribution is 5.84. The number of nitrogens with two attached hydrogens (primary N) is 1. The molecule has 1 aliphatic heterocycles. The zero-order valence-corrected chi connectivity index (χ0v) is 11.6. The lowest BCUT2D eigenvalue weighted by Gasteiger charge is -2.18. The molecule has 1 aromatic rings. The summed E-state index contributed by atoms with van der Waals surface area (Å²) in [6, 6.07) is 9.30. The molecule has 1 aliphatic rings. The van der Waals surface area contributed by atoms with Crippen LogP contribution in [-0.4, -0.2) is 30.4 Å². The van der Waals surface area contributed by atoms with Crippen molar-refractivity contribution in [2.45, 2.75) is 37.8 Å². The van der Waals surface area contributed by atoms with E-state index >= 15 is 0 Å². The first-order chi connectivity index (χ1) is 9.58. The number of rotatable bonds is 4. The van der Waals surface area contributed by atoms with Gasteiger partial charge in [0.05, 0.1) is 12.1 Å². The van der Waals surface area contributed by atoms with Crippen LogP contribution in [0.5, 0.6) is 0 Å². The second kappa shape index (κ2) is 6.52. The van der Waals surface area contributed by atoms with Crippen LogP contribution >= 0.6 is 0 Å². The highest BCUT2D eigenvalue weighted by atomic mass is 16.2. The van der Waals surface area contributed by atoms with Crippen LogP contribution in [0.2, 0.25) is 0 Å². The van der Waals surface area contributed by atoms with Crippen molar-refractivity contribution in [3.63, 3.8) is 0 Å². The van der Waals surface area contributed by atoms with Crippen molar-refractivity contribution in [1.29, 1.82) is 0 Å². The molecule has 1 saturated heterocycles. The molecular weight excluding hydrogens is 254 g/mol. The molecule has 1 heterocycles. The fourth-order valence-corrected chi connectivity index (χ4v) is 2.50. The highest BCUT2D eigenvalue weighted by Gasteiger charge is 2.27. The van der Waals surface area contributed by atoms with E-state index in [0.29, 0.717) is 18.9 Å². The van der Waals surface area contributed by atoms with E-state index in [4.69, 9.17) is 5.73 Å². The fourth-order valence-electron chi connectivity index (χ4n) is 2.50. The molecule has 0 bridgehead atoms. The van der Waals surface area contributed by atoms with Gasteiger partial charge in [0, 0.05) is 12.5 Å². The Hall–Kier alpha value is -1.88. The van der Waals surface area contributed by atoms with E-state index in [9.17, 15) is 9.59 Å². The molecule has 3 atom stereocenters. The van der Waals surface area contributed by atoms with Crippen LogP contribution in [0.25, 0.3) is 0 Å². The average molecular weight is 275 g/mol. The van der Waals surface area contributed by atoms with Gasteiger partial charge in [-0.25, -0.2) is 0 Å². The van der Waals surface area contributed by atoms with Crippen LogP contribution in [-0.2, 0) is 9.59 Å². The van der Waals surface area contributed by atoms with Gasteiger partial charge in [-0.15, -0.1) is 0 Å². The molecule has 5 heteroatoms. The summed E-state index contributed by atoms with van der Waals surface area (Å²) in [5, 5.41) is 5.93. The summed E-state index contributed by atoms with van der Waals surface area (Å²) in [6.45, 7) is 2.31. The average Bonchev–Trinajstić information content (AvgIpc) is 2.63. The molecule has 0 radical (unpaired) electrons. The Morgan fingerprint density at radius 2 is 2.05 bits per heavy atom. The summed E-state index contributed by atoms with van der Waals surface area (Å²) in [7, 11) is 0. The Kier molecular flexibility index (Phi) is 4.74. The van der Waals surface area contributed by atoms with Crippen molar-refractivity contribution in [2.75, 3.05) is 6.54 Å². The molecule has 0 aliphatic carbocycles. The van der Waals surface area contributed by atoms with Gasteiger partial charge in [0.25, 0.3) is 0 Å². The van der Waals surface area contributed by atoms with Crippen molar-refractivity contribution in [3.05, 3.63) is 35.9 Å². The number of amides is 2. The van der Waals surface area contributed by atoms with Gasteiger partial charge in [-0.05, 0) is 25.3 Å². The first-order valence-corrected chi connectivity index (χ1v) is 6.96. The third-order valence-corrected chi connectivity index (χ3v) is 3.79. The largest absolute Gasteiger partial charge is 0.368 e. The first-order valence-electron chi connectivity index (χ1n) is 6.96. The lowest BCUT2D eigenvalue weighted by molar-refractivity contribution is -0.124. The molecule has 4 N–H and O–H groups in total. The molecular formula is C15H21N3O2. The predicted octanol–water partition coefficient (Wildman–Crippen LogP) is 0.512. The minimum atomic E-state index is -0.501. The monoisotopic (exact) mass is 275 g/mol. The van der Waals surface area contributed by atoms with Crippen LogP contribution in [0.3, 0.4) is 0 Å². The number of hydrogen-bond donors (Lipinski definition) is 3. The van der Waals surface area contributed by atoms with Gasteiger partial charge >= 0.3 is 0 Å². The first kappa shape index (κ1) is 14.5. The molecule has 108 valence electrons. The Balaban J connectivity index is 2.00. The van der Waals surface area contributed by atoms with Crippen molar-refractivity contribution in [1.82, 2.24) is 10.6 Å². The molecule has 1 aromatic carbocycles. The maximum absolute atomic E-state index is 12.0. The molecule has 1 fully saturated rings. The van der Waals surface area contributed by atoms with Gasteiger partial charge in [0.15, 0.2) is 0 Å². The Labute approximate surface area is 118 Å².